The quantitative estimate of drug-likeness (QED) is 0.159. The van der Waals surface area contributed by atoms with Gasteiger partial charge in [-0.05, 0) is 48.5 Å². The summed E-state index contributed by atoms with van der Waals surface area (Å²) in [5.74, 6) is 0. The van der Waals surface area contributed by atoms with Crippen LogP contribution in [0.4, 0.5) is 0 Å². The van der Waals surface area contributed by atoms with Gasteiger partial charge in [0.25, 0.3) is 0 Å². The van der Waals surface area contributed by atoms with Crippen LogP contribution in [0.25, 0.3) is 77.9 Å². The average Bonchev–Trinajstić information content (AvgIpc) is 3.10. The molecule has 1 aromatic heterocycles. The lowest BCUT2D eigenvalue weighted by Gasteiger charge is -2.24. The molecule has 8 rings (SSSR count). The maximum Gasteiger partial charge on any atom is 0.196 e. The van der Waals surface area contributed by atoms with Crippen molar-refractivity contribution in [3.8, 4) is 11.4 Å². The van der Waals surface area contributed by atoms with Crippen LogP contribution < -0.4 is 21.7 Å². The molecule has 0 N–H and O–H groups in total. The number of para-hydroxylation sites is 2. The summed E-state index contributed by atoms with van der Waals surface area (Å²) >= 11 is 0. The van der Waals surface area contributed by atoms with E-state index in [0.29, 0.717) is 49.6 Å². The van der Waals surface area contributed by atoms with E-state index in [9.17, 15) is 19.2 Å². The van der Waals surface area contributed by atoms with Crippen LogP contribution in [0.3, 0.4) is 0 Å². The predicted octanol–water partition coefficient (Wildman–Crippen LogP) is 7.20. The molecule has 6 nitrogen and oxygen atoms in total. The van der Waals surface area contributed by atoms with Crippen LogP contribution in [0.5, 0.6) is 0 Å². The molecule has 0 bridgehead atoms. The molecule has 0 saturated heterocycles. The highest BCUT2D eigenvalue weighted by Gasteiger charge is 2.24. The molecule has 7 aromatic carbocycles. The minimum atomic E-state index is -0.355. The van der Waals surface area contributed by atoms with Gasteiger partial charge in [-0.2, -0.15) is 0 Å². The lowest BCUT2D eigenvalue weighted by molar-refractivity contribution is 1.09. The molecule has 0 fully saturated rings. The van der Waals surface area contributed by atoms with Crippen molar-refractivity contribution < 1.29 is 0 Å². The van der Waals surface area contributed by atoms with Crippen LogP contribution in [-0.2, 0) is 0 Å². The van der Waals surface area contributed by atoms with Crippen LogP contribution >= 0.6 is 0 Å². The van der Waals surface area contributed by atoms with Crippen LogP contribution in [0.15, 0.2) is 142 Å². The van der Waals surface area contributed by atoms with Crippen molar-refractivity contribution in [1.82, 2.24) is 9.13 Å². The first-order valence-electron chi connectivity index (χ1n) is 14.8. The third-order valence-corrected chi connectivity index (χ3v) is 8.82. The second-order valence-electron chi connectivity index (χ2n) is 11.2. The Bertz CT molecular complexity index is 2850. The van der Waals surface area contributed by atoms with Gasteiger partial charge in [0.1, 0.15) is 0 Å². The maximum atomic E-state index is 14.4. The summed E-state index contributed by atoms with van der Waals surface area (Å²) in [4.78, 5) is 56.5. The monoisotopic (exact) mass is 596 g/mol. The van der Waals surface area contributed by atoms with E-state index >= 15 is 0 Å². The average molecular weight is 597 g/mol. The molecule has 0 atom stereocenters. The Labute approximate surface area is 261 Å². The van der Waals surface area contributed by atoms with E-state index in [1.54, 1.807) is 42.5 Å². The molecular formula is C40H24N2O4. The van der Waals surface area contributed by atoms with Gasteiger partial charge in [0.15, 0.2) is 21.7 Å². The van der Waals surface area contributed by atoms with E-state index in [0.717, 1.165) is 0 Å². The van der Waals surface area contributed by atoms with E-state index < -0.39 is 0 Å². The Morgan fingerprint density at radius 1 is 0.413 bits per heavy atom. The Morgan fingerprint density at radius 3 is 1.33 bits per heavy atom. The number of aromatic nitrogens is 2. The molecule has 8 aromatic rings. The summed E-state index contributed by atoms with van der Waals surface area (Å²) in [7, 11) is 0. The van der Waals surface area contributed by atoms with E-state index in [1.165, 1.54) is 12.2 Å². The van der Waals surface area contributed by atoms with E-state index in [-0.39, 0.29) is 49.0 Å². The van der Waals surface area contributed by atoms with Crippen LogP contribution in [0.1, 0.15) is 11.1 Å². The van der Waals surface area contributed by atoms with Gasteiger partial charge in [-0.1, -0.05) is 86.0 Å². The molecule has 0 aliphatic heterocycles. The summed E-state index contributed by atoms with van der Waals surface area (Å²) in [5.41, 5.74) is 2.76. The topological polar surface area (TPSA) is 78.1 Å². The van der Waals surface area contributed by atoms with Gasteiger partial charge < -0.3 is 9.13 Å². The minimum Gasteiger partial charge on any atom is -0.306 e. The standard InChI is InChI=1S/C40H24N2O4/c1-3-25-26(4-2)39(45)33-29(37(25)43)19-21-31-35(33)41(23-13-7-5-8-14-23)32-22-20-30-34(36(32)42(31)24-15-9-6-10-16-24)40(46)28-18-12-11-17-27(28)38(30)44/h3-22H,1-2H2. The number of nitrogens with zero attached hydrogens (tertiary/aromatic N) is 2. The second-order valence-corrected chi connectivity index (χ2v) is 11.2. The molecule has 218 valence electrons. The molecule has 0 radical (unpaired) electrons. The van der Waals surface area contributed by atoms with Gasteiger partial charge in [0.05, 0.1) is 32.8 Å². The number of hydrogen-bond donors (Lipinski definition) is 0. The van der Waals surface area contributed by atoms with Crippen molar-refractivity contribution in [2.75, 3.05) is 0 Å². The Balaban J connectivity index is 1.79. The lowest BCUT2D eigenvalue weighted by atomic mass is 9.96. The molecule has 1 heterocycles. The highest BCUT2D eigenvalue weighted by molar-refractivity contribution is 6.16. The molecular weight excluding hydrogens is 572 g/mol. The zero-order chi connectivity index (χ0) is 31.7. The van der Waals surface area contributed by atoms with E-state index in [1.807, 2.05) is 75.9 Å². The van der Waals surface area contributed by atoms with Crippen molar-refractivity contribution in [2.24, 2.45) is 0 Å². The van der Waals surface area contributed by atoms with Crippen molar-refractivity contribution in [1.29, 1.82) is 0 Å². The zero-order valence-corrected chi connectivity index (χ0v) is 24.5. The normalized spacial score (nSPS) is 11.6. The maximum absolute atomic E-state index is 14.4. The molecule has 0 aliphatic carbocycles. The smallest absolute Gasteiger partial charge is 0.196 e. The number of benzene rings is 7. The van der Waals surface area contributed by atoms with Crippen molar-refractivity contribution in [2.45, 2.75) is 0 Å². The second kappa shape index (κ2) is 10.1. The third-order valence-electron chi connectivity index (χ3n) is 8.82. The van der Waals surface area contributed by atoms with Gasteiger partial charge in [0.2, 0.25) is 0 Å². The third kappa shape index (κ3) is 3.58. The molecule has 0 amide bonds. The Hall–Kier alpha value is -6.40. The fourth-order valence-electron chi connectivity index (χ4n) is 6.83. The fourth-order valence-corrected chi connectivity index (χ4v) is 6.83. The van der Waals surface area contributed by atoms with Crippen molar-refractivity contribution in [3.63, 3.8) is 0 Å². The molecule has 0 saturated carbocycles. The summed E-state index contributed by atoms with van der Waals surface area (Å²) in [6.45, 7) is 7.62. The van der Waals surface area contributed by atoms with Gasteiger partial charge in [-0.15, -0.1) is 0 Å². The zero-order valence-electron chi connectivity index (χ0n) is 24.5. The van der Waals surface area contributed by atoms with Gasteiger partial charge >= 0.3 is 0 Å². The number of fused-ring (bicyclic) bond motifs is 7. The Morgan fingerprint density at radius 2 is 0.826 bits per heavy atom. The highest BCUT2D eigenvalue weighted by Crippen LogP contribution is 2.36. The molecule has 46 heavy (non-hydrogen) atoms. The lowest BCUT2D eigenvalue weighted by Crippen LogP contribution is -2.21. The molecule has 0 spiro atoms. The van der Waals surface area contributed by atoms with Crippen molar-refractivity contribution in [3.05, 3.63) is 174 Å². The summed E-state index contributed by atoms with van der Waals surface area (Å²) in [6.07, 6.45) is 2.79. The summed E-state index contributed by atoms with van der Waals surface area (Å²) in [6, 6.07) is 32.8. The number of rotatable bonds is 4. The molecule has 0 aliphatic rings. The molecule has 6 heteroatoms. The number of hydrogen-bond acceptors (Lipinski definition) is 4. The first kappa shape index (κ1) is 27.2. The first-order valence-corrected chi connectivity index (χ1v) is 14.8. The summed E-state index contributed by atoms with van der Waals surface area (Å²) in [5, 5.41) is 1.75. The van der Waals surface area contributed by atoms with Gasteiger partial charge in [0, 0.05) is 44.0 Å². The first-order chi connectivity index (χ1) is 22.5. The van der Waals surface area contributed by atoms with Crippen LogP contribution in [0.2, 0.25) is 0 Å². The van der Waals surface area contributed by atoms with Crippen molar-refractivity contribution >= 4 is 66.5 Å². The minimum absolute atomic E-state index is 0.175. The SMILES string of the molecule is C=Cc1c(C=C)c(=O)c2c(ccc3c2n(-c2ccccc2)c2ccc4c(=O)c5ccccc5c(=O)c4c2n3-c2ccccc2)c1=O. The highest BCUT2D eigenvalue weighted by atomic mass is 16.1. The predicted molar refractivity (Wildman–Crippen MR) is 189 cm³/mol. The van der Waals surface area contributed by atoms with Gasteiger partial charge in [-0.25, -0.2) is 0 Å². The molecule has 0 unspecified atom stereocenters. The Kier molecular flexibility index (Phi) is 5.95. The van der Waals surface area contributed by atoms with Gasteiger partial charge in [-0.3, -0.25) is 19.2 Å². The van der Waals surface area contributed by atoms with Crippen LogP contribution in [-0.4, -0.2) is 9.13 Å². The van der Waals surface area contributed by atoms with E-state index in [4.69, 9.17) is 0 Å². The fraction of sp³-hybridized carbons (Fsp3) is 0. The largest absolute Gasteiger partial charge is 0.306 e. The summed E-state index contributed by atoms with van der Waals surface area (Å²) < 4.78 is 3.83. The van der Waals surface area contributed by atoms with Crippen LogP contribution in [0, 0.1) is 0 Å². The van der Waals surface area contributed by atoms with E-state index in [2.05, 4.69) is 13.2 Å².